The van der Waals surface area contributed by atoms with E-state index in [2.05, 4.69) is 0 Å². The molecule has 0 aliphatic carbocycles. The van der Waals surface area contributed by atoms with Crippen LogP contribution in [0.5, 0.6) is 0 Å². The molecule has 3 heteroatoms. The Bertz CT molecular complexity index is 457. The molecule has 0 aromatic heterocycles. The predicted molar refractivity (Wildman–Crippen MR) is 72.2 cm³/mol. The number of hydrogen-bond donors (Lipinski definition) is 0. The van der Waals surface area contributed by atoms with E-state index in [9.17, 15) is 9.90 Å². The van der Waals surface area contributed by atoms with Crippen molar-refractivity contribution in [2.75, 3.05) is 5.75 Å². The van der Waals surface area contributed by atoms with Crippen LogP contribution in [0.4, 0.5) is 0 Å². The number of thioether (sulfide) groups is 1. The van der Waals surface area contributed by atoms with Gasteiger partial charge in [-0.25, -0.2) is 0 Å². The third kappa shape index (κ3) is 3.37. The molecular weight excluding hydrogens is 244 g/mol. The lowest BCUT2D eigenvalue weighted by Crippen LogP contribution is -2.24. The molecule has 0 amide bonds. The van der Waals surface area contributed by atoms with Crippen LogP contribution in [-0.4, -0.2) is 11.7 Å². The smallest absolute Gasteiger partial charge is 0.0550 e. The molecule has 0 aliphatic heterocycles. The minimum atomic E-state index is -1.03. The largest absolute Gasteiger partial charge is 0.549 e. The summed E-state index contributed by atoms with van der Waals surface area (Å²) in [5.41, 5.74) is 2.21. The van der Waals surface area contributed by atoms with Gasteiger partial charge in [-0.2, -0.15) is 0 Å². The summed E-state index contributed by atoms with van der Waals surface area (Å²) in [7, 11) is 0. The van der Waals surface area contributed by atoms with Gasteiger partial charge in [0.2, 0.25) is 0 Å². The molecule has 0 bridgehead atoms. The van der Waals surface area contributed by atoms with Crippen LogP contribution in [0.3, 0.4) is 0 Å². The molecule has 0 N–H and O–H groups in total. The molecule has 2 aromatic carbocycles. The highest BCUT2D eigenvalue weighted by Gasteiger charge is 2.13. The Kier molecular flexibility index (Phi) is 4.42. The molecule has 0 unspecified atom stereocenters. The molecule has 0 aliphatic rings. The number of carboxylic acid groups (broad SMARTS) is 1. The maximum absolute atomic E-state index is 10.6. The van der Waals surface area contributed by atoms with E-state index in [-0.39, 0.29) is 11.0 Å². The highest BCUT2D eigenvalue weighted by Crippen LogP contribution is 2.34. The summed E-state index contributed by atoms with van der Waals surface area (Å²) < 4.78 is 0. The Hall–Kier alpha value is -1.74. The molecule has 0 fully saturated rings. The SMILES string of the molecule is O=C([O-])CSC(c1ccccc1)c1ccccc1. The van der Waals surface area contributed by atoms with Gasteiger partial charge in [0.05, 0.1) is 11.2 Å². The summed E-state index contributed by atoms with van der Waals surface area (Å²) in [6.45, 7) is 0. The molecule has 92 valence electrons. The molecule has 18 heavy (non-hydrogen) atoms. The van der Waals surface area contributed by atoms with Crippen molar-refractivity contribution in [2.24, 2.45) is 0 Å². The van der Waals surface area contributed by atoms with Crippen molar-refractivity contribution in [3.05, 3.63) is 71.8 Å². The van der Waals surface area contributed by atoms with Gasteiger partial charge in [-0.15, -0.1) is 11.8 Å². The van der Waals surface area contributed by atoms with Crippen LogP contribution in [0.25, 0.3) is 0 Å². The predicted octanol–water partition coefficient (Wildman–Crippen LogP) is 2.26. The average Bonchev–Trinajstić information content (AvgIpc) is 2.41. The number of benzene rings is 2. The van der Waals surface area contributed by atoms with Gasteiger partial charge >= 0.3 is 0 Å². The van der Waals surface area contributed by atoms with Crippen molar-refractivity contribution in [2.45, 2.75) is 5.25 Å². The van der Waals surface area contributed by atoms with Crippen LogP contribution in [-0.2, 0) is 4.79 Å². The van der Waals surface area contributed by atoms with Gasteiger partial charge in [-0.05, 0) is 11.1 Å². The van der Waals surface area contributed by atoms with E-state index in [1.807, 2.05) is 60.7 Å². The molecule has 0 radical (unpaired) electrons. The van der Waals surface area contributed by atoms with Crippen LogP contribution in [0, 0.1) is 0 Å². The highest BCUT2D eigenvalue weighted by atomic mass is 32.2. The third-order valence-corrected chi connectivity index (χ3v) is 3.85. The second-order valence-electron chi connectivity index (χ2n) is 3.88. The first-order chi connectivity index (χ1) is 8.77. The van der Waals surface area contributed by atoms with Crippen molar-refractivity contribution in [3.8, 4) is 0 Å². The van der Waals surface area contributed by atoms with Gasteiger partial charge < -0.3 is 9.90 Å². The van der Waals surface area contributed by atoms with E-state index >= 15 is 0 Å². The van der Waals surface area contributed by atoms with E-state index in [1.54, 1.807) is 0 Å². The Balaban J connectivity index is 2.26. The van der Waals surface area contributed by atoms with Crippen LogP contribution >= 0.6 is 11.8 Å². The van der Waals surface area contributed by atoms with Gasteiger partial charge in [-0.3, -0.25) is 0 Å². The van der Waals surface area contributed by atoms with Gasteiger partial charge in [0.1, 0.15) is 0 Å². The van der Waals surface area contributed by atoms with Gasteiger partial charge in [-0.1, -0.05) is 60.7 Å². The first kappa shape index (κ1) is 12.7. The molecule has 0 heterocycles. The number of rotatable bonds is 5. The summed E-state index contributed by atoms with van der Waals surface area (Å²) in [5.74, 6) is -1.04. The van der Waals surface area contributed by atoms with Crippen LogP contribution in [0.1, 0.15) is 16.4 Å². The minimum Gasteiger partial charge on any atom is -0.549 e. The molecule has 0 saturated carbocycles. The number of aliphatic carboxylic acids is 1. The van der Waals surface area contributed by atoms with Crippen molar-refractivity contribution < 1.29 is 9.90 Å². The fraction of sp³-hybridized carbons (Fsp3) is 0.133. The Morgan fingerprint density at radius 3 is 1.78 bits per heavy atom. The van der Waals surface area contributed by atoms with Crippen molar-refractivity contribution >= 4 is 17.7 Å². The molecule has 2 rings (SSSR count). The lowest BCUT2D eigenvalue weighted by molar-refractivity contribution is -0.301. The molecule has 0 atom stereocenters. The molecular formula is C15H13O2S-. The first-order valence-electron chi connectivity index (χ1n) is 5.68. The molecule has 2 nitrogen and oxygen atoms in total. The fourth-order valence-corrected chi connectivity index (χ4v) is 2.79. The Labute approximate surface area is 111 Å². The summed E-state index contributed by atoms with van der Waals surface area (Å²) in [6.07, 6.45) is 0. The first-order valence-corrected chi connectivity index (χ1v) is 6.73. The standard InChI is InChI=1S/C15H14O2S/c16-14(17)11-18-15(12-7-3-1-4-8-12)13-9-5-2-6-10-13/h1-10,15H,11H2,(H,16,17)/p-1. The summed E-state index contributed by atoms with van der Waals surface area (Å²) >= 11 is 1.37. The van der Waals surface area contributed by atoms with Gasteiger partial charge in [0.25, 0.3) is 0 Å². The van der Waals surface area contributed by atoms with Crippen LogP contribution in [0.2, 0.25) is 0 Å². The van der Waals surface area contributed by atoms with E-state index in [0.29, 0.717) is 0 Å². The van der Waals surface area contributed by atoms with E-state index in [0.717, 1.165) is 11.1 Å². The second-order valence-corrected chi connectivity index (χ2v) is 4.98. The summed E-state index contributed by atoms with van der Waals surface area (Å²) in [6, 6.07) is 19.8. The van der Waals surface area contributed by atoms with Crippen molar-refractivity contribution in [1.82, 2.24) is 0 Å². The number of carbonyl (C=O) groups excluding carboxylic acids is 1. The fourth-order valence-electron chi connectivity index (χ4n) is 1.79. The van der Waals surface area contributed by atoms with Gasteiger partial charge in [0, 0.05) is 5.75 Å². The topological polar surface area (TPSA) is 40.1 Å². The van der Waals surface area contributed by atoms with Crippen molar-refractivity contribution in [3.63, 3.8) is 0 Å². The zero-order valence-corrected chi connectivity index (χ0v) is 10.6. The third-order valence-electron chi connectivity index (χ3n) is 2.57. The maximum Gasteiger partial charge on any atom is 0.0550 e. The van der Waals surface area contributed by atoms with E-state index in [4.69, 9.17) is 0 Å². The molecule has 0 spiro atoms. The number of hydrogen-bond acceptors (Lipinski definition) is 3. The Morgan fingerprint density at radius 2 is 1.39 bits per heavy atom. The molecule has 2 aromatic rings. The second kappa shape index (κ2) is 6.26. The minimum absolute atomic E-state index is 0.00550. The quantitative estimate of drug-likeness (QED) is 0.825. The highest BCUT2D eigenvalue weighted by molar-refractivity contribution is 8.00. The van der Waals surface area contributed by atoms with Crippen LogP contribution in [0.15, 0.2) is 60.7 Å². The lowest BCUT2D eigenvalue weighted by Gasteiger charge is -2.17. The average molecular weight is 257 g/mol. The van der Waals surface area contributed by atoms with Crippen molar-refractivity contribution in [1.29, 1.82) is 0 Å². The van der Waals surface area contributed by atoms with Crippen LogP contribution < -0.4 is 5.11 Å². The number of carboxylic acids is 1. The normalized spacial score (nSPS) is 10.5. The van der Waals surface area contributed by atoms with E-state index < -0.39 is 5.97 Å². The molecule has 0 saturated heterocycles. The lowest BCUT2D eigenvalue weighted by atomic mass is 10.0. The maximum atomic E-state index is 10.6. The van der Waals surface area contributed by atoms with E-state index in [1.165, 1.54) is 11.8 Å². The van der Waals surface area contributed by atoms with Gasteiger partial charge in [0.15, 0.2) is 0 Å². The summed E-state index contributed by atoms with van der Waals surface area (Å²) in [5, 5.41) is 10.7. The monoisotopic (exact) mass is 257 g/mol. The summed E-state index contributed by atoms with van der Waals surface area (Å²) in [4.78, 5) is 10.6. The Morgan fingerprint density at radius 1 is 0.944 bits per heavy atom. The zero-order chi connectivity index (χ0) is 12.8. The number of carbonyl (C=O) groups is 1. The zero-order valence-electron chi connectivity index (χ0n) is 9.78.